The summed E-state index contributed by atoms with van der Waals surface area (Å²) in [4.78, 5) is 18.2. The van der Waals surface area contributed by atoms with Gasteiger partial charge in [0.05, 0.1) is 32.7 Å². The van der Waals surface area contributed by atoms with Crippen LogP contribution in [-0.4, -0.2) is 47.7 Å². The number of carbonyl (C=O) groups excluding carboxylic acids is 1. The van der Waals surface area contributed by atoms with Gasteiger partial charge in [0.15, 0.2) is 0 Å². The minimum absolute atomic E-state index is 0.0577. The van der Waals surface area contributed by atoms with E-state index in [1.165, 1.54) is 6.07 Å². The van der Waals surface area contributed by atoms with Crippen molar-refractivity contribution in [1.29, 1.82) is 0 Å². The summed E-state index contributed by atoms with van der Waals surface area (Å²) in [6.07, 6.45) is 4.53. The average molecular weight is 370 g/mol. The third-order valence-electron chi connectivity index (χ3n) is 5.51. The lowest BCUT2D eigenvalue weighted by atomic mass is 9.81. The molecule has 3 heterocycles. The highest BCUT2D eigenvalue weighted by molar-refractivity contribution is 5.80. The minimum Gasteiger partial charge on any atom is -0.376 e. The molecule has 0 saturated carbocycles. The molecule has 4 rings (SSSR count). The van der Waals surface area contributed by atoms with Crippen LogP contribution in [0, 0.1) is 11.7 Å². The Morgan fingerprint density at radius 3 is 2.81 bits per heavy atom. The van der Waals surface area contributed by atoms with Gasteiger partial charge in [-0.3, -0.25) is 9.78 Å². The zero-order valence-corrected chi connectivity index (χ0v) is 15.1. The molecular formula is C21H23FN2O3. The van der Waals surface area contributed by atoms with Crippen LogP contribution in [0.2, 0.25) is 0 Å². The van der Waals surface area contributed by atoms with Gasteiger partial charge in [0.25, 0.3) is 0 Å². The fourth-order valence-electron chi connectivity index (χ4n) is 3.86. The number of rotatable bonds is 6. The van der Waals surface area contributed by atoms with Gasteiger partial charge in [-0.2, -0.15) is 0 Å². The summed E-state index contributed by atoms with van der Waals surface area (Å²) in [5, 5.41) is 0. The topological polar surface area (TPSA) is 51.7 Å². The first kappa shape index (κ1) is 18.1. The summed E-state index contributed by atoms with van der Waals surface area (Å²) in [5.74, 6) is -0.116. The molecule has 0 unspecified atom stereocenters. The van der Waals surface area contributed by atoms with Crippen LogP contribution in [0.1, 0.15) is 17.5 Å². The molecule has 0 N–H and O–H groups in total. The van der Waals surface area contributed by atoms with Gasteiger partial charge in [-0.05, 0) is 35.7 Å². The Labute approximate surface area is 158 Å². The second kappa shape index (κ2) is 7.74. The van der Waals surface area contributed by atoms with Crippen LogP contribution >= 0.6 is 0 Å². The monoisotopic (exact) mass is 370 g/mol. The lowest BCUT2D eigenvalue weighted by Gasteiger charge is -2.50. The maximum atomic E-state index is 13.8. The van der Waals surface area contributed by atoms with E-state index in [0.717, 1.165) is 12.0 Å². The molecule has 2 aliphatic rings. The highest BCUT2D eigenvalue weighted by atomic mass is 19.1. The van der Waals surface area contributed by atoms with Crippen LogP contribution in [0.5, 0.6) is 0 Å². The van der Waals surface area contributed by atoms with Crippen molar-refractivity contribution in [3.8, 4) is 0 Å². The fraction of sp³-hybridized carbons (Fsp3) is 0.429. The van der Waals surface area contributed by atoms with Crippen LogP contribution in [0.3, 0.4) is 0 Å². The predicted octanol–water partition coefficient (Wildman–Crippen LogP) is 2.60. The SMILES string of the molecule is O=C(Cc1ccccc1F)N1CC2(C1)OCC[C@H]2COCc1ccncc1. The summed E-state index contributed by atoms with van der Waals surface area (Å²) in [6, 6.07) is 10.3. The Hall–Kier alpha value is -2.31. The summed E-state index contributed by atoms with van der Waals surface area (Å²) >= 11 is 0. The van der Waals surface area contributed by atoms with Gasteiger partial charge in [-0.25, -0.2) is 4.39 Å². The maximum absolute atomic E-state index is 13.8. The maximum Gasteiger partial charge on any atom is 0.227 e. The van der Waals surface area contributed by atoms with E-state index in [-0.39, 0.29) is 29.7 Å². The molecule has 0 bridgehead atoms. The van der Waals surface area contributed by atoms with Gasteiger partial charge < -0.3 is 14.4 Å². The molecule has 2 aliphatic heterocycles. The van der Waals surface area contributed by atoms with Gasteiger partial charge in [-0.1, -0.05) is 18.2 Å². The van der Waals surface area contributed by atoms with E-state index in [1.54, 1.807) is 35.5 Å². The van der Waals surface area contributed by atoms with Crippen molar-refractivity contribution < 1.29 is 18.7 Å². The number of hydrogen-bond donors (Lipinski definition) is 0. The summed E-state index contributed by atoms with van der Waals surface area (Å²) in [6.45, 7) is 2.97. The lowest BCUT2D eigenvalue weighted by molar-refractivity contribution is -0.168. The molecule has 2 aromatic rings. The van der Waals surface area contributed by atoms with Gasteiger partial charge in [0.2, 0.25) is 5.91 Å². The number of hydrogen-bond acceptors (Lipinski definition) is 4. The normalized spacial score (nSPS) is 20.6. The average Bonchev–Trinajstić information content (AvgIpc) is 3.07. The molecule has 0 aliphatic carbocycles. The molecule has 27 heavy (non-hydrogen) atoms. The smallest absolute Gasteiger partial charge is 0.227 e. The first-order valence-electron chi connectivity index (χ1n) is 9.28. The first-order chi connectivity index (χ1) is 13.2. The number of ether oxygens (including phenoxy) is 2. The van der Waals surface area contributed by atoms with Gasteiger partial charge >= 0.3 is 0 Å². The molecule has 0 radical (unpaired) electrons. The Kier molecular flexibility index (Phi) is 5.18. The summed E-state index contributed by atoms with van der Waals surface area (Å²) in [7, 11) is 0. The largest absolute Gasteiger partial charge is 0.376 e. The van der Waals surface area contributed by atoms with Crippen molar-refractivity contribution in [3.63, 3.8) is 0 Å². The Bertz CT molecular complexity index is 793. The zero-order chi connectivity index (χ0) is 18.7. The van der Waals surface area contributed by atoms with Crippen LogP contribution < -0.4 is 0 Å². The zero-order valence-electron chi connectivity index (χ0n) is 15.1. The molecule has 2 saturated heterocycles. The minimum atomic E-state index is -0.333. The van der Waals surface area contributed by atoms with Crippen molar-refractivity contribution in [2.45, 2.75) is 25.0 Å². The quantitative estimate of drug-likeness (QED) is 0.784. The van der Waals surface area contributed by atoms with Gasteiger partial charge in [-0.15, -0.1) is 0 Å². The van der Waals surface area contributed by atoms with Crippen LogP contribution in [0.4, 0.5) is 4.39 Å². The van der Waals surface area contributed by atoms with Crippen molar-refractivity contribution in [2.24, 2.45) is 5.92 Å². The van der Waals surface area contributed by atoms with Gasteiger partial charge in [0.1, 0.15) is 11.4 Å². The van der Waals surface area contributed by atoms with E-state index < -0.39 is 0 Å². The number of pyridine rings is 1. The number of nitrogens with zero attached hydrogens (tertiary/aromatic N) is 2. The van der Waals surface area contributed by atoms with Crippen LogP contribution in [-0.2, 0) is 27.3 Å². The Balaban J connectivity index is 1.28. The van der Waals surface area contributed by atoms with Crippen LogP contribution in [0.15, 0.2) is 48.8 Å². The van der Waals surface area contributed by atoms with E-state index >= 15 is 0 Å². The Morgan fingerprint density at radius 2 is 2.04 bits per heavy atom. The highest BCUT2D eigenvalue weighted by Crippen LogP contribution is 2.40. The van der Waals surface area contributed by atoms with E-state index in [1.807, 2.05) is 12.1 Å². The number of benzene rings is 1. The summed E-state index contributed by atoms with van der Waals surface area (Å²) < 4.78 is 25.6. The van der Waals surface area contributed by atoms with E-state index in [2.05, 4.69) is 4.98 Å². The molecule has 6 heteroatoms. The predicted molar refractivity (Wildman–Crippen MR) is 97.4 cm³/mol. The molecule has 5 nitrogen and oxygen atoms in total. The van der Waals surface area contributed by atoms with Crippen molar-refractivity contribution in [2.75, 3.05) is 26.3 Å². The first-order valence-corrected chi connectivity index (χ1v) is 9.28. The standard InChI is InChI=1S/C21H23FN2O3/c22-19-4-2-1-3-17(19)11-20(25)24-14-21(15-24)18(7-10-27-21)13-26-12-16-5-8-23-9-6-16/h1-6,8-9,18H,7,10-15H2/t18-/m0/s1. The molecule has 1 amide bonds. The van der Waals surface area contributed by atoms with Gasteiger partial charge in [0, 0.05) is 24.9 Å². The van der Waals surface area contributed by atoms with Crippen molar-refractivity contribution >= 4 is 5.91 Å². The Morgan fingerprint density at radius 1 is 1.26 bits per heavy atom. The third kappa shape index (κ3) is 3.87. The fourth-order valence-corrected chi connectivity index (χ4v) is 3.86. The molecule has 2 fully saturated rings. The number of likely N-dealkylation sites (tertiary alicyclic amines) is 1. The second-order valence-electron chi connectivity index (χ2n) is 7.29. The molecule has 1 atom stereocenters. The van der Waals surface area contributed by atoms with Crippen LogP contribution in [0.25, 0.3) is 0 Å². The molecule has 142 valence electrons. The van der Waals surface area contributed by atoms with E-state index in [9.17, 15) is 9.18 Å². The van der Waals surface area contributed by atoms with Crippen molar-refractivity contribution in [1.82, 2.24) is 9.88 Å². The summed E-state index contributed by atoms with van der Waals surface area (Å²) in [5.41, 5.74) is 1.23. The lowest BCUT2D eigenvalue weighted by Crippen LogP contribution is -2.66. The number of halogens is 1. The van der Waals surface area contributed by atoms with Crippen molar-refractivity contribution in [3.05, 3.63) is 65.7 Å². The molecule has 1 aromatic heterocycles. The third-order valence-corrected chi connectivity index (χ3v) is 5.51. The van der Waals surface area contributed by atoms with E-state index in [4.69, 9.17) is 9.47 Å². The second-order valence-corrected chi connectivity index (χ2v) is 7.29. The number of carbonyl (C=O) groups is 1. The number of amides is 1. The molecular weight excluding hydrogens is 347 g/mol. The molecule has 1 aromatic carbocycles. The number of aromatic nitrogens is 1. The van der Waals surface area contributed by atoms with E-state index in [0.29, 0.717) is 38.5 Å². The highest BCUT2D eigenvalue weighted by Gasteiger charge is 2.54. The molecule has 1 spiro atoms.